The lowest BCUT2D eigenvalue weighted by atomic mass is 10.2. The Morgan fingerprint density at radius 1 is 0.880 bits per heavy atom. The molecule has 3 rings (SSSR count). The number of nitrogens with one attached hydrogen (secondary N) is 1. The highest BCUT2D eigenvalue weighted by Gasteiger charge is 2.09. The maximum Gasteiger partial charge on any atom is 0.255 e. The zero-order valence-electron chi connectivity index (χ0n) is 13.4. The van der Waals surface area contributed by atoms with Crippen LogP contribution in [0.25, 0.3) is 0 Å². The highest BCUT2D eigenvalue weighted by molar-refractivity contribution is 6.35. The van der Waals surface area contributed by atoms with Crippen molar-refractivity contribution >= 4 is 34.8 Å². The first kappa shape index (κ1) is 17.3. The van der Waals surface area contributed by atoms with Crippen molar-refractivity contribution in [3.8, 4) is 11.5 Å². The molecule has 3 aromatic rings. The number of carbonyl (C=O) groups is 1. The molecule has 3 aromatic carbocycles. The van der Waals surface area contributed by atoms with Gasteiger partial charge in [0.1, 0.15) is 11.5 Å². The van der Waals surface area contributed by atoms with E-state index in [-0.39, 0.29) is 5.91 Å². The van der Waals surface area contributed by atoms with Crippen molar-refractivity contribution in [3.63, 3.8) is 0 Å². The fourth-order valence-electron chi connectivity index (χ4n) is 2.20. The maximum absolute atomic E-state index is 12.3. The molecule has 1 N–H and O–H groups in total. The van der Waals surface area contributed by atoms with Crippen LogP contribution in [0.5, 0.6) is 11.5 Å². The van der Waals surface area contributed by atoms with E-state index in [4.69, 9.17) is 27.9 Å². The summed E-state index contributed by atoms with van der Waals surface area (Å²) in [5, 5.41) is 3.68. The van der Waals surface area contributed by atoms with Crippen LogP contribution in [-0.4, -0.2) is 5.91 Å². The van der Waals surface area contributed by atoms with Crippen molar-refractivity contribution in [1.82, 2.24) is 0 Å². The van der Waals surface area contributed by atoms with E-state index in [2.05, 4.69) is 5.32 Å². The molecule has 0 spiro atoms. The van der Waals surface area contributed by atoms with Gasteiger partial charge in [0.05, 0.1) is 10.7 Å². The summed E-state index contributed by atoms with van der Waals surface area (Å²) >= 11 is 12.0. The monoisotopic (exact) mass is 371 g/mol. The number of benzene rings is 3. The molecule has 0 aliphatic heterocycles. The first-order valence-corrected chi connectivity index (χ1v) is 8.38. The Hall–Kier alpha value is -2.49. The van der Waals surface area contributed by atoms with Crippen LogP contribution in [0.1, 0.15) is 15.9 Å². The smallest absolute Gasteiger partial charge is 0.255 e. The summed E-state index contributed by atoms with van der Waals surface area (Å²) in [4.78, 5) is 12.3. The number of amides is 1. The van der Waals surface area contributed by atoms with Crippen LogP contribution in [0.3, 0.4) is 0 Å². The number of aryl methyl sites for hydroxylation is 1. The SMILES string of the molecule is Cc1ccc(Oc2ccc(C(=O)Nc3cc(Cl)ccc3Cl)cc2)cc1. The molecule has 0 radical (unpaired) electrons. The molecular weight excluding hydrogens is 357 g/mol. The topological polar surface area (TPSA) is 38.3 Å². The number of hydrogen-bond acceptors (Lipinski definition) is 2. The van der Waals surface area contributed by atoms with Crippen LogP contribution in [0.15, 0.2) is 66.7 Å². The lowest BCUT2D eigenvalue weighted by Gasteiger charge is -2.09. The Labute approximate surface area is 156 Å². The van der Waals surface area contributed by atoms with Gasteiger partial charge < -0.3 is 10.1 Å². The minimum Gasteiger partial charge on any atom is -0.457 e. The highest BCUT2D eigenvalue weighted by Crippen LogP contribution is 2.26. The van der Waals surface area contributed by atoms with Gasteiger partial charge in [-0.25, -0.2) is 0 Å². The fraction of sp³-hybridized carbons (Fsp3) is 0.0500. The van der Waals surface area contributed by atoms with Gasteiger partial charge in [-0.05, 0) is 61.5 Å². The molecule has 25 heavy (non-hydrogen) atoms. The Balaban J connectivity index is 1.70. The number of ether oxygens (including phenoxy) is 1. The van der Waals surface area contributed by atoms with Crippen molar-refractivity contribution in [2.75, 3.05) is 5.32 Å². The zero-order chi connectivity index (χ0) is 17.8. The van der Waals surface area contributed by atoms with Crippen LogP contribution in [0.2, 0.25) is 10.0 Å². The van der Waals surface area contributed by atoms with Gasteiger partial charge >= 0.3 is 0 Å². The van der Waals surface area contributed by atoms with Crippen LogP contribution in [-0.2, 0) is 0 Å². The minimum atomic E-state index is -0.272. The first-order chi connectivity index (χ1) is 12.0. The van der Waals surface area contributed by atoms with Crippen molar-refractivity contribution in [3.05, 3.63) is 87.9 Å². The van der Waals surface area contributed by atoms with Crippen molar-refractivity contribution in [2.24, 2.45) is 0 Å². The number of carbonyl (C=O) groups excluding carboxylic acids is 1. The number of halogens is 2. The summed E-state index contributed by atoms with van der Waals surface area (Å²) in [6.07, 6.45) is 0. The average molecular weight is 372 g/mol. The molecule has 0 atom stereocenters. The third-order valence-electron chi connectivity index (χ3n) is 3.55. The Bertz CT molecular complexity index is 891. The van der Waals surface area contributed by atoms with E-state index in [1.165, 1.54) is 5.56 Å². The minimum absolute atomic E-state index is 0.272. The average Bonchev–Trinajstić information content (AvgIpc) is 2.61. The summed E-state index contributed by atoms with van der Waals surface area (Å²) in [6.45, 7) is 2.02. The van der Waals surface area contributed by atoms with E-state index < -0.39 is 0 Å². The fourth-order valence-corrected chi connectivity index (χ4v) is 2.54. The molecule has 0 saturated carbocycles. The van der Waals surface area contributed by atoms with Gasteiger partial charge in [-0.2, -0.15) is 0 Å². The predicted octanol–water partition coefficient (Wildman–Crippen LogP) is 6.35. The highest BCUT2D eigenvalue weighted by atomic mass is 35.5. The predicted molar refractivity (Wildman–Crippen MR) is 102 cm³/mol. The van der Waals surface area contributed by atoms with Crippen molar-refractivity contribution in [1.29, 1.82) is 0 Å². The zero-order valence-corrected chi connectivity index (χ0v) is 14.9. The van der Waals surface area contributed by atoms with Crippen LogP contribution < -0.4 is 10.1 Å². The molecule has 1 amide bonds. The standard InChI is InChI=1S/C20H15Cl2NO2/c1-13-2-7-16(8-3-13)25-17-9-4-14(5-10-17)20(24)23-19-12-15(21)6-11-18(19)22/h2-12H,1H3,(H,23,24). The van der Waals surface area contributed by atoms with E-state index in [0.717, 1.165) is 5.75 Å². The summed E-state index contributed by atoms with van der Waals surface area (Å²) in [7, 11) is 0. The molecular formula is C20H15Cl2NO2. The third-order valence-corrected chi connectivity index (χ3v) is 4.11. The van der Waals surface area contributed by atoms with E-state index in [9.17, 15) is 4.79 Å². The van der Waals surface area contributed by atoms with Crippen LogP contribution in [0.4, 0.5) is 5.69 Å². The first-order valence-electron chi connectivity index (χ1n) is 7.62. The van der Waals surface area contributed by atoms with Crippen LogP contribution >= 0.6 is 23.2 Å². The maximum atomic E-state index is 12.3. The van der Waals surface area contributed by atoms with Gasteiger partial charge in [0.25, 0.3) is 5.91 Å². The molecule has 0 heterocycles. The molecule has 0 unspecified atom stereocenters. The molecule has 0 bridgehead atoms. The lowest BCUT2D eigenvalue weighted by Crippen LogP contribution is -2.12. The molecule has 0 fully saturated rings. The molecule has 0 saturated heterocycles. The van der Waals surface area contributed by atoms with E-state index >= 15 is 0 Å². The second kappa shape index (κ2) is 7.60. The van der Waals surface area contributed by atoms with Crippen molar-refractivity contribution in [2.45, 2.75) is 6.92 Å². The quantitative estimate of drug-likeness (QED) is 0.580. The summed E-state index contributed by atoms with van der Waals surface area (Å²) < 4.78 is 5.75. The number of rotatable bonds is 4. The van der Waals surface area contributed by atoms with Crippen molar-refractivity contribution < 1.29 is 9.53 Å². The lowest BCUT2D eigenvalue weighted by molar-refractivity contribution is 0.102. The second-order valence-corrected chi connectivity index (χ2v) is 6.36. The van der Waals surface area contributed by atoms with Gasteiger partial charge in [0.15, 0.2) is 0 Å². The molecule has 0 aliphatic carbocycles. The Morgan fingerprint density at radius 3 is 2.12 bits per heavy atom. The van der Waals surface area contributed by atoms with E-state index in [1.54, 1.807) is 42.5 Å². The van der Waals surface area contributed by atoms with Gasteiger partial charge in [0.2, 0.25) is 0 Å². The Kier molecular flexibility index (Phi) is 5.27. The molecule has 126 valence electrons. The third kappa shape index (κ3) is 4.53. The molecule has 0 aliphatic rings. The van der Waals surface area contributed by atoms with Gasteiger partial charge in [-0.1, -0.05) is 40.9 Å². The van der Waals surface area contributed by atoms with E-state index in [1.807, 2.05) is 31.2 Å². The van der Waals surface area contributed by atoms with E-state index in [0.29, 0.717) is 27.0 Å². The number of anilines is 1. The molecule has 3 nitrogen and oxygen atoms in total. The largest absolute Gasteiger partial charge is 0.457 e. The van der Waals surface area contributed by atoms with Crippen LogP contribution in [0, 0.1) is 6.92 Å². The normalized spacial score (nSPS) is 10.4. The molecule has 0 aromatic heterocycles. The summed E-state index contributed by atoms with van der Waals surface area (Å²) in [6, 6.07) is 19.5. The molecule has 5 heteroatoms. The Morgan fingerprint density at radius 2 is 1.48 bits per heavy atom. The summed E-state index contributed by atoms with van der Waals surface area (Å²) in [5.74, 6) is 1.13. The van der Waals surface area contributed by atoms with Gasteiger partial charge in [-0.3, -0.25) is 4.79 Å². The second-order valence-electron chi connectivity index (χ2n) is 5.52. The number of hydrogen-bond donors (Lipinski definition) is 1. The van der Waals surface area contributed by atoms with Gasteiger partial charge in [0, 0.05) is 10.6 Å². The van der Waals surface area contributed by atoms with Gasteiger partial charge in [-0.15, -0.1) is 0 Å². The summed E-state index contributed by atoms with van der Waals surface area (Å²) in [5.41, 5.74) is 2.13.